The van der Waals surface area contributed by atoms with Crippen molar-refractivity contribution in [3.63, 3.8) is 0 Å². The molecule has 1 atom stereocenters. The lowest BCUT2D eigenvalue weighted by atomic mass is 9.73. The molecule has 0 N–H and O–H groups in total. The van der Waals surface area contributed by atoms with Gasteiger partial charge in [0, 0.05) is 11.3 Å². The number of thiophene rings is 1. The Kier molecular flexibility index (Phi) is 3.00. The first-order valence-corrected chi connectivity index (χ1v) is 6.56. The van der Waals surface area contributed by atoms with Crippen molar-refractivity contribution in [3.8, 4) is 0 Å². The van der Waals surface area contributed by atoms with Crippen LogP contribution in [0.1, 0.15) is 30.7 Å². The van der Waals surface area contributed by atoms with Crippen molar-refractivity contribution >= 4 is 34.5 Å². The van der Waals surface area contributed by atoms with Crippen molar-refractivity contribution in [1.29, 1.82) is 0 Å². The predicted octanol–water partition coefficient (Wildman–Crippen LogP) is 3.46. The third-order valence-electron chi connectivity index (χ3n) is 3.17. The average molecular weight is 269 g/mol. The van der Waals surface area contributed by atoms with E-state index in [9.17, 15) is 9.59 Å². The second kappa shape index (κ2) is 4.07. The molecule has 0 saturated heterocycles. The molecule has 90 valence electrons. The lowest BCUT2D eigenvalue weighted by Gasteiger charge is -2.29. The topological polar surface area (TPSA) is 34.1 Å². The maximum absolute atomic E-state index is 12.3. The second-order valence-electron chi connectivity index (χ2n) is 4.70. The molecule has 0 fully saturated rings. The monoisotopic (exact) mass is 268 g/mol. The molecule has 0 bridgehead atoms. The van der Waals surface area contributed by atoms with E-state index < -0.39 is 5.41 Å². The summed E-state index contributed by atoms with van der Waals surface area (Å²) in [5, 5.41) is 0. The minimum Gasteiger partial charge on any atom is -0.295 e. The standard InChI is InChI=1S/C13H13ClO2S/c1-7-4-9(15)6-13(3,11(7)16)10-5-8(2)12(14)17-10/h4-5H,6H2,1-3H3. The summed E-state index contributed by atoms with van der Waals surface area (Å²) in [5.74, 6) is 0.0294. The number of hydrogen-bond donors (Lipinski definition) is 0. The van der Waals surface area contributed by atoms with Crippen LogP contribution in [0.5, 0.6) is 0 Å². The normalized spacial score (nSPS) is 25.1. The molecule has 2 rings (SSSR count). The van der Waals surface area contributed by atoms with Crippen LogP contribution in [0.25, 0.3) is 0 Å². The van der Waals surface area contributed by atoms with E-state index in [0.717, 1.165) is 10.4 Å². The minimum atomic E-state index is -0.738. The van der Waals surface area contributed by atoms with Gasteiger partial charge in [-0.15, -0.1) is 11.3 Å². The van der Waals surface area contributed by atoms with Gasteiger partial charge in [0.1, 0.15) is 0 Å². The highest BCUT2D eigenvalue weighted by Crippen LogP contribution is 2.41. The van der Waals surface area contributed by atoms with Crippen LogP contribution in [0.3, 0.4) is 0 Å². The number of hydrogen-bond acceptors (Lipinski definition) is 3. The average Bonchev–Trinajstić information content (AvgIpc) is 2.56. The summed E-state index contributed by atoms with van der Waals surface area (Å²) in [6.07, 6.45) is 1.67. The van der Waals surface area contributed by atoms with Gasteiger partial charge in [-0.3, -0.25) is 9.59 Å². The van der Waals surface area contributed by atoms with E-state index in [1.54, 1.807) is 6.92 Å². The molecule has 0 spiro atoms. The van der Waals surface area contributed by atoms with Crippen molar-refractivity contribution < 1.29 is 9.59 Å². The lowest BCUT2D eigenvalue weighted by molar-refractivity contribution is -0.126. The van der Waals surface area contributed by atoms with Gasteiger partial charge in [0.2, 0.25) is 0 Å². The molecule has 1 aliphatic carbocycles. The summed E-state index contributed by atoms with van der Waals surface area (Å²) < 4.78 is 0.689. The van der Waals surface area contributed by atoms with Crippen molar-refractivity contribution in [2.75, 3.05) is 0 Å². The first-order chi connectivity index (χ1) is 7.84. The van der Waals surface area contributed by atoms with Gasteiger partial charge in [0.05, 0.1) is 9.75 Å². The molecule has 0 amide bonds. The highest BCUT2D eigenvalue weighted by atomic mass is 35.5. The largest absolute Gasteiger partial charge is 0.295 e. The van der Waals surface area contributed by atoms with Crippen LogP contribution in [0.4, 0.5) is 0 Å². The number of halogens is 1. The van der Waals surface area contributed by atoms with Gasteiger partial charge in [-0.05, 0) is 44.1 Å². The third kappa shape index (κ3) is 1.98. The van der Waals surface area contributed by atoms with Crippen molar-refractivity contribution in [1.82, 2.24) is 0 Å². The summed E-state index contributed by atoms with van der Waals surface area (Å²) in [7, 11) is 0. The van der Waals surface area contributed by atoms with Gasteiger partial charge >= 0.3 is 0 Å². The molecular weight excluding hydrogens is 256 g/mol. The number of rotatable bonds is 1. The molecular formula is C13H13ClO2S. The number of Topliss-reactive ketones (excluding diaryl/α,β-unsaturated/α-hetero) is 1. The van der Waals surface area contributed by atoms with Crippen LogP contribution in [-0.2, 0) is 15.0 Å². The second-order valence-corrected chi connectivity index (χ2v) is 6.35. The molecule has 1 unspecified atom stereocenters. The Morgan fingerprint density at radius 1 is 1.35 bits per heavy atom. The smallest absolute Gasteiger partial charge is 0.170 e. The highest BCUT2D eigenvalue weighted by Gasteiger charge is 2.41. The van der Waals surface area contributed by atoms with Crippen molar-refractivity contribution in [3.05, 3.63) is 32.5 Å². The van der Waals surface area contributed by atoms with Crippen LogP contribution in [0, 0.1) is 6.92 Å². The van der Waals surface area contributed by atoms with Gasteiger partial charge in [-0.1, -0.05) is 11.6 Å². The van der Waals surface area contributed by atoms with E-state index in [2.05, 4.69) is 0 Å². The molecule has 0 radical (unpaired) electrons. The number of aryl methyl sites for hydroxylation is 1. The number of allylic oxidation sites excluding steroid dienone is 2. The Bertz CT molecular complexity index is 522. The Morgan fingerprint density at radius 2 is 2.00 bits per heavy atom. The quantitative estimate of drug-likeness (QED) is 0.782. The van der Waals surface area contributed by atoms with E-state index in [1.165, 1.54) is 17.4 Å². The zero-order chi connectivity index (χ0) is 12.8. The predicted molar refractivity (Wildman–Crippen MR) is 69.8 cm³/mol. The van der Waals surface area contributed by atoms with Crippen LogP contribution in [0.15, 0.2) is 17.7 Å². The molecule has 4 heteroatoms. The third-order valence-corrected chi connectivity index (χ3v) is 4.98. The first-order valence-electron chi connectivity index (χ1n) is 5.37. The fourth-order valence-corrected chi connectivity index (χ4v) is 3.50. The van der Waals surface area contributed by atoms with Gasteiger partial charge in [-0.2, -0.15) is 0 Å². The summed E-state index contributed by atoms with van der Waals surface area (Å²) in [6, 6.07) is 1.91. The van der Waals surface area contributed by atoms with E-state index in [-0.39, 0.29) is 18.0 Å². The minimum absolute atomic E-state index is 0.00627. The fraction of sp³-hybridized carbons (Fsp3) is 0.385. The zero-order valence-corrected chi connectivity index (χ0v) is 11.5. The summed E-state index contributed by atoms with van der Waals surface area (Å²) in [6.45, 7) is 5.43. The van der Waals surface area contributed by atoms with E-state index >= 15 is 0 Å². The van der Waals surface area contributed by atoms with Crippen LogP contribution in [-0.4, -0.2) is 11.6 Å². The van der Waals surface area contributed by atoms with Crippen molar-refractivity contribution in [2.45, 2.75) is 32.6 Å². The molecule has 17 heavy (non-hydrogen) atoms. The molecule has 1 aromatic heterocycles. The molecule has 1 heterocycles. The van der Waals surface area contributed by atoms with Crippen LogP contribution < -0.4 is 0 Å². The zero-order valence-electron chi connectivity index (χ0n) is 9.96. The molecule has 1 aromatic rings. The van der Waals surface area contributed by atoms with Gasteiger partial charge in [0.15, 0.2) is 11.6 Å². The number of carbonyl (C=O) groups excluding carboxylic acids is 2. The Balaban J connectivity index is 2.53. The first kappa shape index (κ1) is 12.5. The molecule has 2 nitrogen and oxygen atoms in total. The van der Waals surface area contributed by atoms with E-state index in [0.29, 0.717) is 9.91 Å². The van der Waals surface area contributed by atoms with E-state index in [4.69, 9.17) is 11.6 Å². The molecule has 0 aliphatic heterocycles. The van der Waals surface area contributed by atoms with Gasteiger partial charge in [-0.25, -0.2) is 0 Å². The maximum Gasteiger partial charge on any atom is 0.170 e. The van der Waals surface area contributed by atoms with Crippen LogP contribution in [0.2, 0.25) is 4.34 Å². The van der Waals surface area contributed by atoms with Gasteiger partial charge < -0.3 is 0 Å². The summed E-state index contributed by atoms with van der Waals surface area (Å²) in [4.78, 5) is 24.8. The Hall–Kier alpha value is -0.930. The maximum atomic E-state index is 12.3. The molecule has 1 aliphatic rings. The molecule has 0 saturated carbocycles. The Morgan fingerprint density at radius 3 is 2.53 bits per heavy atom. The lowest BCUT2D eigenvalue weighted by Crippen LogP contribution is -2.38. The fourth-order valence-electron chi connectivity index (χ4n) is 2.15. The van der Waals surface area contributed by atoms with Gasteiger partial charge in [0.25, 0.3) is 0 Å². The van der Waals surface area contributed by atoms with E-state index in [1.807, 2.05) is 19.9 Å². The molecule has 0 aromatic carbocycles. The SMILES string of the molecule is CC1=CC(=O)CC(C)(c2cc(C)c(Cl)s2)C1=O. The van der Waals surface area contributed by atoms with Crippen molar-refractivity contribution in [2.24, 2.45) is 0 Å². The summed E-state index contributed by atoms with van der Waals surface area (Å²) in [5.41, 5.74) is 0.754. The Labute approximate surface area is 109 Å². The number of carbonyl (C=O) groups is 2. The highest BCUT2D eigenvalue weighted by molar-refractivity contribution is 7.16. The number of ketones is 2. The summed E-state index contributed by atoms with van der Waals surface area (Å²) >= 11 is 7.43. The van der Waals surface area contributed by atoms with Crippen LogP contribution >= 0.6 is 22.9 Å².